The molecule has 1 fully saturated rings. The van der Waals surface area contributed by atoms with Gasteiger partial charge in [0.1, 0.15) is 0 Å². The molecule has 2 amide bonds. The van der Waals surface area contributed by atoms with E-state index < -0.39 is 5.92 Å². The number of nitrogens with one attached hydrogen (secondary N) is 1. The minimum absolute atomic E-state index is 0.0784. The summed E-state index contributed by atoms with van der Waals surface area (Å²) in [6.45, 7) is 3.26. The van der Waals surface area contributed by atoms with Crippen LogP contribution < -0.4 is 19.5 Å². The molecule has 3 rings (SSSR count). The fourth-order valence-electron chi connectivity index (χ4n) is 3.82. The highest BCUT2D eigenvalue weighted by Gasteiger charge is 2.41. The third kappa shape index (κ3) is 4.22. The molecule has 0 aliphatic carbocycles. The molecule has 2 heterocycles. The van der Waals surface area contributed by atoms with Gasteiger partial charge in [0, 0.05) is 25.6 Å². The Morgan fingerprint density at radius 1 is 1.13 bits per heavy atom. The summed E-state index contributed by atoms with van der Waals surface area (Å²) in [6, 6.07) is 6.98. The fraction of sp³-hybridized carbons (Fsp3) is 0.455. The first-order valence-corrected chi connectivity index (χ1v) is 9.94. The van der Waals surface area contributed by atoms with E-state index in [1.165, 1.54) is 6.26 Å². The second-order valence-electron chi connectivity index (χ2n) is 7.15. The first kappa shape index (κ1) is 21.5. The zero-order valence-electron chi connectivity index (χ0n) is 17.8. The maximum atomic E-state index is 12.9. The molecule has 0 unspecified atom stereocenters. The van der Waals surface area contributed by atoms with Crippen molar-refractivity contribution in [1.82, 2.24) is 10.2 Å². The van der Waals surface area contributed by atoms with Crippen molar-refractivity contribution in [2.45, 2.75) is 19.3 Å². The highest BCUT2D eigenvalue weighted by Crippen LogP contribution is 2.43. The number of furan rings is 1. The lowest BCUT2D eigenvalue weighted by atomic mass is 9.88. The third-order valence-corrected chi connectivity index (χ3v) is 5.34. The van der Waals surface area contributed by atoms with Crippen molar-refractivity contribution >= 4 is 11.8 Å². The van der Waals surface area contributed by atoms with Crippen molar-refractivity contribution in [2.75, 3.05) is 41.0 Å². The van der Waals surface area contributed by atoms with E-state index in [9.17, 15) is 9.59 Å². The van der Waals surface area contributed by atoms with Gasteiger partial charge in [0.15, 0.2) is 17.3 Å². The Morgan fingerprint density at radius 3 is 2.37 bits per heavy atom. The van der Waals surface area contributed by atoms with Gasteiger partial charge in [0.25, 0.3) is 5.91 Å². The van der Waals surface area contributed by atoms with E-state index in [2.05, 4.69) is 5.32 Å². The van der Waals surface area contributed by atoms with Crippen LogP contribution in [-0.4, -0.2) is 57.7 Å². The molecule has 162 valence electrons. The minimum atomic E-state index is -0.404. The molecule has 30 heavy (non-hydrogen) atoms. The summed E-state index contributed by atoms with van der Waals surface area (Å²) in [5, 5.41) is 2.96. The standard InChI is InChI=1S/C22H28N2O6/c1-5-8-23-21(25)16-13-24(22(26)17-7-6-9-30-17)12-15(16)14-10-18(27-2)20(29-4)19(11-14)28-3/h6-7,9-11,15-16H,5,8,12-13H2,1-4H3,(H,23,25)/t15-,16+/m1/s1. The average Bonchev–Trinajstić information content (AvgIpc) is 3.46. The normalized spacial score (nSPS) is 18.2. The highest BCUT2D eigenvalue weighted by molar-refractivity contribution is 5.92. The molecular formula is C22H28N2O6. The van der Waals surface area contributed by atoms with Gasteiger partial charge in [0.05, 0.1) is 33.5 Å². The van der Waals surface area contributed by atoms with Gasteiger partial charge in [-0.05, 0) is 36.2 Å². The summed E-state index contributed by atoms with van der Waals surface area (Å²) in [5.74, 6) is 0.817. The largest absolute Gasteiger partial charge is 0.493 e. The molecule has 1 aliphatic rings. The number of benzene rings is 1. The smallest absolute Gasteiger partial charge is 0.289 e. The molecule has 2 atom stereocenters. The number of carbonyl (C=O) groups excluding carboxylic acids is 2. The molecule has 1 saturated heterocycles. The lowest BCUT2D eigenvalue weighted by Gasteiger charge is -2.21. The first-order chi connectivity index (χ1) is 14.5. The Bertz CT molecular complexity index is 855. The van der Waals surface area contributed by atoms with Crippen molar-refractivity contribution in [3.05, 3.63) is 41.9 Å². The van der Waals surface area contributed by atoms with Crippen LogP contribution in [0.5, 0.6) is 17.2 Å². The quantitative estimate of drug-likeness (QED) is 0.712. The van der Waals surface area contributed by atoms with E-state index in [-0.39, 0.29) is 23.5 Å². The van der Waals surface area contributed by atoms with Gasteiger partial charge in [-0.2, -0.15) is 0 Å². The van der Waals surface area contributed by atoms with Gasteiger partial charge in [-0.3, -0.25) is 9.59 Å². The summed E-state index contributed by atoms with van der Waals surface area (Å²) in [5.41, 5.74) is 0.843. The number of carbonyl (C=O) groups is 2. The Morgan fingerprint density at radius 2 is 1.83 bits per heavy atom. The van der Waals surface area contributed by atoms with Crippen LogP contribution in [0.1, 0.15) is 35.4 Å². The van der Waals surface area contributed by atoms with Gasteiger partial charge in [-0.15, -0.1) is 0 Å². The minimum Gasteiger partial charge on any atom is -0.493 e. The number of likely N-dealkylation sites (tertiary alicyclic amines) is 1. The van der Waals surface area contributed by atoms with Crippen LogP contribution in [0.4, 0.5) is 0 Å². The molecule has 0 saturated carbocycles. The van der Waals surface area contributed by atoms with Crippen LogP contribution in [0.25, 0.3) is 0 Å². The molecule has 1 aromatic heterocycles. The van der Waals surface area contributed by atoms with Crippen LogP contribution in [-0.2, 0) is 4.79 Å². The second kappa shape index (κ2) is 9.56. The summed E-state index contributed by atoms with van der Waals surface area (Å²) < 4.78 is 21.6. The first-order valence-electron chi connectivity index (χ1n) is 9.94. The van der Waals surface area contributed by atoms with Gasteiger partial charge >= 0.3 is 0 Å². The highest BCUT2D eigenvalue weighted by atomic mass is 16.5. The van der Waals surface area contributed by atoms with Crippen LogP contribution in [0, 0.1) is 5.92 Å². The van der Waals surface area contributed by atoms with Gasteiger partial charge in [0.2, 0.25) is 11.7 Å². The van der Waals surface area contributed by atoms with E-state index in [0.717, 1.165) is 12.0 Å². The number of amides is 2. The Kier molecular flexibility index (Phi) is 6.87. The van der Waals surface area contributed by atoms with Gasteiger partial charge in [-0.25, -0.2) is 0 Å². The molecule has 8 heteroatoms. The van der Waals surface area contributed by atoms with E-state index in [4.69, 9.17) is 18.6 Å². The second-order valence-corrected chi connectivity index (χ2v) is 7.15. The number of nitrogens with zero attached hydrogens (tertiary/aromatic N) is 1. The van der Waals surface area contributed by atoms with Crippen molar-refractivity contribution in [1.29, 1.82) is 0 Å². The SMILES string of the molecule is CCCNC(=O)[C@H]1CN(C(=O)c2ccco2)C[C@@H]1c1cc(OC)c(OC)c(OC)c1. The van der Waals surface area contributed by atoms with Crippen LogP contribution in [0.2, 0.25) is 0 Å². The Balaban J connectivity index is 1.96. The maximum absolute atomic E-state index is 12.9. The number of ether oxygens (including phenoxy) is 3. The lowest BCUT2D eigenvalue weighted by Crippen LogP contribution is -2.35. The van der Waals surface area contributed by atoms with Crippen LogP contribution in [0.15, 0.2) is 34.9 Å². The molecule has 2 aromatic rings. The predicted molar refractivity (Wildman–Crippen MR) is 110 cm³/mol. The van der Waals surface area contributed by atoms with Crippen molar-refractivity contribution in [2.24, 2.45) is 5.92 Å². The zero-order valence-corrected chi connectivity index (χ0v) is 17.8. The van der Waals surface area contributed by atoms with Crippen LogP contribution in [0.3, 0.4) is 0 Å². The third-order valence-electron chi connectivity index (χ3n) is 5.34. The van der Waals surface area contributed by atoms with Crippen molar-refractivity contribution in [3.63, 3.8) is 0 Å². The monoisotopic (exact) mass is 416 g/mol. The van der Waals surface area contributed by atoms with Gasteiger partial charge < -0.3 is 28.8 Å². The molecule has 0 spiro atoms. The lowest BCUT2D eigenvalue weighted by molar-refractivity contribution is -0.124. The van der Waals surface area contributed by atoms with E-state index in [1.807, 2.05) is 19.1 Å². The summed E-state index contributed by atoms with van der Waals surface area (Å²) in [6.07, 6.45) is 2.30. The molecule has 1 N–H and O–H groups in total. The number of methoxy groups -OCH3 is 3. The Labute approximate surface area is 176 Å². The van der Waals surface area contributed by atoms with Crippen molar-refractivity contribution < 1.29 is 28.2 Å². The zero-order chi connectivity index (χ0) is 21.7. The van der Waals surface area contributed by atoms with E-state index in [0.29, 0.717) is 36.9 Å². The number of rotatable bonds is 8. The maximum Gasteiger partial charge on any atom is 0.289 e. The molecule has 1 aromatic carbocycles. The predicted octanol–water partition coefficient (Wildman–Crippen LogP) is 2.69. The molecule has 8 nitrogen and oxygen atoms in total. The molecular weight excluding hydrogens is 388 g/mol. The van der Waals surface area contributed by atoms with E-state index >= 15 is 0 Å². The number of hydrogen-bond acceptors (Lipinski definition) is 6. The number of hydrogen-bond donors (Lipinski definition) is 1. The average molecular weight is 416 g/mol. The van der Waals surface area contributed by atoms with Crippen LogP contribution >= 0.6 is 0 Å². The Hall–Kier alpha value is -3.16. The fourth-order valence-corrected chi connectivity index (χ4v) is 3.82. The summed E-state index contributed by atoms with van der Waals surface area (Å²) in [7, 11) is 4.64. The van der Waals surface area contributed by atoms with E-state index in [1.54, 1.807) is 38.4 Å². The summed E-state index contributed by atoms with van der Waals surface area (Å²) in [4.78, 5) is 27.4. The summed E-state index contributed by atoms with van der Waals surface area (Å²) >= 11 is 0. The molecule has 0 bridgehead atoms. The molecule has 1 aliphatic heterocycles. The topological polar surface area (TPSA) is 90.2 Å². The van der Waals surface area contributed by atoms with Crippen molar-refractivity contribution in [3.8, 4) is 17.2 Å². The van der Waals surface area contributed by atoms with Gasteiger partial charge in [-0.1, -0.05) is 6.92 Å². The molecule has 0 radical (unpaired) electrons.